The maximum Gasteiger partial charge on any atom is 0.346 e. The van der Waals surface area contributed by atoms with Gasteiger partial charge in [-0.05, 0) is 24.8 Å². The maximum absolute atomic E-state index is 11.9. The first-order valence-corrected chi connectivity index (χ1v) is 8.47. The number of benzene rings is 1. The fourth-order valence-electron chi connectivity index (χ4n) is 3.25. The molecule has 1 heterocycles. The van der Waals surface area contributed by atoms with Crippen LogP contribution in [0.25, 0.3) is 10.8 Å². The zero-order valence-corrected chi connectivity index (χ0v) is 13.4. The van der Waals surface area contributed by atoms with Crippen molar-refractivity contribution in [2.24, 2.45) is 5.92 Å². The molecule has 0 radical (unpaired) electrons. The van der Waals surface area contributed by atoms with E-state index in [9.17, 15) is 4.79 Å². The summed E-state index contributed by atoms with van der Waals surface area (Å²) in [6, 6.07) is 7.16. The third-order valence-corrected chi connectivity index (χ3v) is 4.82. The van der Waals surface area contributed by atoms with Crippen LogP contribution in [0.1, 0.15) is 44.9 Å². The molecule has 118 valence electrons. The van der Waals surface area contributed by atoms with E-state index >= 15 is 0 Å². The molecule has 0 aliphatic heterocycles. The van der Waals surface area contributed by atoms with E-state index in [1.165, 1.54) is 38.5 Å². The lowest BCUT2D eigenvalue weighted by Gasteiger charge is -2.21. The molecule has 1 fully saturated rings. The predicted octanol–water partition coefficient (Wildman–Crippen LogP) is 5.19. The molecular formula is C18H21ClO3. The Morgan fingerprint density at radius 3 is 2.64 bits per heavy atom. The van der Waals surface area contributed by atoms with Gasteiger partial charge < -0.3 is 9.15 Å². The van der Waals surface area contributed by atoms with Gasteiger partial charge in [0.25, 0.3) is 0 Å². The number of hydrogen-bond donors (Lipinski definition) is 0. The van der Waals surface area contributed by atoms with Gasteiger partial charge >= 0.3 is 11.6 Å². The Morgan fingerprint density at radius 1 is 1.14 bits per heavy atom. The number of fused-ring (bicyclic) bond motifs is 1. The van der Waals surface area contributed by atoms with Gasteiger partial charge in [-0.25, -0.2) is 4.79 Å². The van der Waals surface area contributed by atoms with E-state index in [1.807, 2.05) is 12.1 Å². The molecule has 0 saturated heterocycles. The average molecular weight is 321 g/mol. The normalized spacial score (nSPS) is 16.0. The third-order valence-electron chi connectivity index (χ3n) is 4.46. The molecule has 1 saturated carbocycles. The van der Waals surface area contributed by atoms with Gasteiger partial charge in [0.2, 0.25) is 0 Å². The van der Waals surface area contributed by atoms with Crippen LogP contribution in [0.2, 0.25) is 5.02 Å². The Hall–Kier alpha value is -1.48. The van der Waals surface area contributed by atoms with Crippen LogP contribution in [-0.2, 0) is 0 Å². The van der Waals surface area contributed by atoms with E-state index in [0.29, 0.717) is 22.4 Å². The van der Waals surface area contributed by atoms with E-state index in [4.69, 9.17) is 20.8 Å². The lowest BCUT2D eigenvalue weighted by molar-refractivity contribution is 0.214. The second-order valence-corrected chi connectivity index (χ2v) is 6.41. The minimum atomic E-state index is -0.401. The second kappa shape index (κ2) is 7.19. The summed E-state index contributed by atoms with van der Waals surface area (Å²) in [5.74, 6) is 0.977. The SMILES string of the molecule is O=c1oc(OCCCC2CCCCC2)c(Cl)c2ccccc12. The molecule has 2 aromatic rings. The van der Waals surface area contributed by atoms with Crippen molar-refractivity contribution in [1.29, 1.82) is 0 Å². The Balaban J connectivity index is 1.61. The van der Waals surface area contributed by atoms with Crippen molar-refractivity contribution in [2.75, 3.05) is 6.61 Å². The number of halogens is 1. The van der Waals surface area contributed by atoms with Crippen LogP contribution in [0.5, 0.6) is 5.95 Å². The van der Waals surface area contributed by atoms with Crippen LogP contribution in [0, 0.1) is 5.92 Å². The van der Waals surface area contributed by atoms with Crippen molar-refractivity contribution in [2.45, 2.75) is 44.9 Å². The lowest BCUT2D eigenvalue weighted by Crippen LogP contribution is -2.09. The Morgan fingerprint density at radius 2 is 1.86 bits per heavy atom. The molecular weight excluding hydrogens is 300 g/mol. The van der Waals surface area contributed by atoms with Crippen molar-refractivity contribution in [3.63, 3.8) is 0 Å². The van der Waals surface area contributed by atoms with Crippen LogP contribution in [0.3, 0.4) is 0 Å². The summed E-state index contributed by atoms with van der Waals surface area (Å²) >= 11 is 6.28. The topological polar surface area (TPSA) is 39.4 Å². The fraction of sp³-hybridized carbons (Fsp3) is 0.500. The second-order valence-electron chi connectivity index (χ2n) is 6.03. The molecule has 3 rings (SSSR count). The molecule has 1 aliphatic rings. The summed E-state index contributed by atoms with van der Waals surface area (Å²) < 4.78 is 10.8. The summed E-state index contributed by atoms with van der Waals surface area (Å²) in [5, 5.41) is 1.55. The van der Waals surface area contributed by atoms with Crippen molar-refractivity contribution >= 4 is 22.4 Å². The van der Waals surface area contributed by atoms with Gasteiger partial charge in [-0.15, -0.1) is 0 Å². The largest absolute Gasteiger partial charge is 0.464 e. The number of ether oxygens (including phenoxy) is 1. The highest BCUT2D eigenvalue weighted by molar-refractivity contribution is 6.36. The van der Waals surface area contributed by atoms with Gasteiger partial charge in [-0.2, -0.15) is 0 Å². The standard InChI is InChI=1S/C18H21ClO3/c19-16-14-10-4-5-11-15(14)17(20)22-18(16)21-12-6-9-13-7-2-1-3-8-13/h4-5,10-11,13H,1-3,6-9,12H2. The Kier molecular flexibility index (Phi) is 5.04. The Labute approximate surface area is 135 Å². The van der Waals surface area contributed by atoms with Gasteiger partial charge in [-0.1, -0.05) is 61.9 Å². The molecule has 22 heavy (non-hydrogen) atoms. The van der Waals surface area contributed by atoms with Gasteiger partial charge in [-0.3, -0.25) is 0 Å². The minimum Gasteiger partial charge on any atom is -0.464 e. The van der Waals surface area contributed by atoms with Crippen molar-refractivity contribution in [1.82, 2.24) is 0 Å². The average Bonchev–Trinajstić information content (AvgIpc) is 2.57. The molecule has 0 bridgehead atoms. The third kappa shape index (κ3) is 3.46. The quantitative estimate of drug-likeness (QED) is 0.712. The first-order chi connectivity index (χ1) is 10.8. The van der Waals surface area contributed by atoms with Crippen LogP contribution >= 0.6 is 11.6 Å². The molecule has 1 aliphatic carbocycles. The summed E-state index contributed by atoms with van der Waals surface area (Å²) in [6.45, 7) is 0.539. The first-order valence-electron chi connectivity index (χ1n) is 8.10. The Bertz CT molecular complexity index is 686. The molecule has 1 aromatic heterocycles. The van der Waals surface area contributed by atoms with Crippen LogP contribution < -0.4 is 10.4 Å². The van der Waals surface area contributed by atoms with Crippen molar-refractivity contribution < 1.29 is 9.15 Å². The van der Waals surface area contributed by atoms with Crippen LogP contribution in [0.4, 0.5) is 0 Å². The first kappa shape index (κ1) is 15.4. The lowest BCUT2D eigenvalue weighted by atomic mass is 9.86. The van der Waals surface area contributed by atoms with Gasteiger partial charge in [0, 0.05) is 5.39 Å². The van der Waals surface area contributed by atoms with E-state index in [0.717, 1.165) is 12.3 Å². The number of rotatable bonds is 5. The monoisotopic (exact) mass is 320 g/mol. The predicted molar refractivity (Wildman–Crippen MR) is 88.8 cm³/mol. The van der Waals surface area contributed by atoms with Gasteiger partial charge in [0.1, 0.15) is 5.02 Å². The highest BCUT2D eigenvalue weighted by Gasteiger charge is 2.15. The molecule has 3 nitrogen and oxygen atoms in total. The molecule has 0 spiro atoms. The van der Waals surface area contributed by atoms with E-state index in [2.05, 4.69) is 0 Å². The van der Waals surface area contributed by atoms with Crippen LogP contribution in [0.15, 0.2) is 33.5 Å². The van der Waals surface area contributed by atoms with Crippen molar-refractivity contribution in [3.8, 4) is 5.95 Å². The fourth-order valence-corrected chi connectivity index (χ4v) is 3.51. The van der Waals surface area contributed by atoms with Crippen LogP contribution in [-0.4, -0.2) is 6.61 Å². The summed E-state index contributed by atoms with van der Waals surface area (Å²) in [4.78, 5) is 11.9. The van der Waals surface area contributed by atoms with Gasteiger partial charge in [0.05, 0.1) is 12.0 Å². The highest BCUT2D eigenvalue weighted by atomic mass is 35.5. The van der Waals surface area contributed by atoms with E-state index < -0.39 is 5.63 Å². The number of hydrogen-bond acceptors (Lipinski definition) is 3. The highest BCUT2D eigenvalue weighted by Crippen LogP contribution is 2.31. The van der Waals surface area contributed by atoms with E-state index in [1.54, 1.807) is 12.1 Å². The summed E-state index contributed by atoms with van der Waals surface area (Å²) in [5.41, 5.74) is -0.401. The molecule has 0 atom stereocenters. The molecule has 0 unspecified atom stereocenters. The molecule has 0 N–H and O–H groups in total. The zero-order chi connectivity index (χ0) is 15.4. The summed E-state index contributed by atoms with van der Waals surface area (Å²) in [7, 11) is 0. The van der Waals surface area contributed by atoms with Crippen molar-refractivity contribution in [3.05, 3.63) is 39.7 Å². The molecule has 1 aromatic carbocycles. The summed E-state index contributed by atoms with van der Waals surface area (Å²) in [6.07, 6.45) is 8.92. The van der Waals surface area contributed by atoms with Gasteiger partial charge in [0.15, 0.2) is 0 Å². The minimum absolute atomic E-state index is 0.147. The molecule has 4 heteroatoms. The maximum atomic E-state index is 11.9. The molecule has 0 amide bonds. The zero-order valence-electron chi connectivity index (χ0n) is 12.6. The van der Waals surface area contributed by atoms with E-state index in [-0.39, 0.29) is 5.95 Å². The smallest absolute Gasteiger partial charge is 0.346 e.